The van der Waals surface area contributed by atoms with Crippen LogP contribution in [0, 0.1) is 6.92 Å². The SMILES string of the molecule is CCC.CNc1ccc(C)cc1.[HH]. The van der Waals surface area contributed by atoms with Crippen LogP contribution in [0.4, 0.5) is 5.69 Å². The quantitative estimate of drug-likeness (QED) is 0.672. The van der Waals surface area contributed by atoms with Crippen LogP contribution in [0.15, 0.2) is 24.3 Å². The van der Waals surface area contributed by atoms with E-state index in [0.717, 1.165) is 0 Å². The normalized spacial score (nSPS) is 8.33. The van der Waals surface area contributed by atoms with E-state index in [9.17, 15) is 0 Å². The van der Waals surface area contributed by atoms with Crippen LogP contribution in [0.5, 0.6) is 0 Å². The Morgan fingerprint density at radius 1 is 1.17 bits per heavy atom. The van der Waals surface area contributed by atoms with Gasteiger partial charge in [-0.25, -0.2) is 0 Å². The molecule has 0 unspecified atom stereocenters. The van der Waals surface area contributed by atoms with Gasteiger partial charge < -0.3 is 5.32 Å². The maximum absolute atomic E-state index is 3.05. The molecule has 1 N–H and O–H groups in total. The van der Waals surface area contributed by atoms with E-state index in [-0.39, 0.29) is 1.43 Å². The van der Waals surface area contributed by atoms with Crippen molar-refractivity contribution < 1.29 is 1.43 Å². The number of hydrogen-bond acceptors (Lipinski definition) is 1. The van der Waals surface area contributed by atoms with E-state index in [1.54, 1.807) is 0 Å². The summed E-state index contributed by atoms with van der Waals surface area (Å²) in [5.74, 6) is 0. The van der Waals surface area contributed by atoms with Gasteiger partial charge in [0.25, 0.3) is 0 Å². The molecule has 0 fully saturated rings. The van der Waals surface area contributed by atoms with Crippen LogP contribution in [0.25, 0.3) is 0 Å². The van der Waals surface area contributed by atoms with Crippen molar-refractivity contribution in [2.45, 2.75) is 27.2 Å². The smallest absolute Gasteiger partial charge is 0.0337 e. The zero-order chi connectivity index (χ0) is 9.40. The van der Waals surface area contributed by atoms with Crippen molar-refractivity contribution >= 4 is 5.69 Å². The van der Waals surface area contributed by atoms with Gasteiger partial charge in [0, 0.05) is 14.2 Å². The van der Waals surface area contributed by atoms with E-state index < -0.39 is 0 Å². The maximum Gasteiger partial charge on any atom is 0.0337 e. The van der Waals surface area contributed by atoms with Crippen molar-refractivity contribution in [1.29, 1.82) is 0 Å². The van der Waals surface area contributed by atoms with E-state index in [1.807, 2.05) is 7.05 Å². The lowest BCUT2D eigenvalue weighted by Gasteiger charge is -1.97. The molecule has 0 atom stereocenters. The van der Waals surface area contributed by atoms with Gasteiger partial charge in [-0.2, -0.15) is 0 Å². The second kappa shape index (κ2) is 6.71. The molecule has 0 radical (unpaired) electrons. The van der Waals surface area contributed by atoms with Crippen LogP contribution in [0.1, 0.15) is 27.3 Å². The summed E-state index contributed by atoms with van der Waals surface area (Å²) in [5.41, 5.74) is 2.47. The summed E-state index contributed by atoms with van der Waals surface area (Å²) in [4.78, 5) is 0. The largest absolute Gasteiger partial charge is 0.388 e. The van der Waals surface area contributed by atoms with E-state index in [0.29, 0.717) is 0 Å². The molecule has 12 heavy (non-hydrogen) atoms. The zero-order valence-electron chi connectivity index (χ0n) is 8.52. The van der Waals surface area contributed by atoms with Crippen molar-refractivity contribution in [2.24, 2.45) is 0 Å². The second-order valence-electron chi connectivity index (χ2n) is 2.82. The Morgan fingerprint density at radius 2 is 1.58 bits per heavy atom. The lowest BCUT2D eigenvalue weighted by atomic mass is 10.2. The topological polar surface area (TPSA) is 12.0 Å². The van der Waals surface area contributed by atoms with Crippen molar-refractivity contribution in [2.75, 3.05) is 12.4 Å². The minimum Gasteiger partial charge on any atom is -0.388 e. The van der Waals surface area contributed by atoms with Crippen LogP contribution in [0.3, 0.4) is 0 Å². The molecule has 1 aromatic carbocycles. The summed E-state index contributed by atoms with van der Waals surface area (Å²) in [6, 6.07) is 8.31. The summed E-state index contributed by atoms with van der Waals surface area (Å²) in [7, 11) is 1.92. The average molecular weight is 167 g/mol. The highest BCUT2D eigenvalue weighted by atomic mass is 14.8. The molecule has 0 amide bonds. The van der Waals surface area contributed by atoms with Crippen molar-refractivity contribution in [1.82, 2.24) is 0 Å². The zero-order valence-corrected chi connectivity index (χ0v) is 8.52. The Labute approximate surface area is 77.3 Å². The van der Waals surface area contributed by atoms with Crippen LogP contribution in [0.2, 0.25) is 0 Å². The van der Waals surface area contributed by atoms with Gasteiger partial charge >= 0.3 is 0 Å². The molecule has 0 spiro atoms. The number of aryl methyl sites for hydroxylation is 1. The molecule has 0 aliphatic rings. The second-order valence-corrected chi connectivity index (χ2v) is 2.82. The standard InChI is InChI=1S/C8H11N.C3H8.H2/c1-7-3-5-8(9-2)6-4-7;1-3-2;/h3-6,9H,1-2H3;3H2,1-2H3;1H. The summed E-state index contributed by atoms with van der Waals surface area (Å²) >= 11 is 0. The number of benzene rings is 1. The molecule has 1 rings (SSSR count). The Hall–Kier alpha value is -0.980. The van der Waals surface area contributed by atoms with Crippen molar-refractivity contribution in [3.63, 3.8) is 0 Å². The molecule has 0 aliphatic carbocycles. The van der Waals surface area contributed by atoms with Gasteiger partial charge in [0.1, 0.15) is 0 Å². The fourth-order valence-electron chi connectivity index (χ4n) is 0.720. The van der Waals surface area contributed by atoms with Gasteiger partial charge in [-0.1, -0.05) is 38.0 Å². The molecule has 0 aromatic heterocycles. The lowest BCUT2D eigenvalue weighted by molar-refractivity contribution is 1.09. The molecular formula is C11H21N. The van der Waals surface area contributed by atoms with Gasteiger partial charge in [0.05, 0.1) is 0 Å². The van der Waals surface area contributed by atoms with Gasteiger partial charge in [-0.05, 0) is 19.1 Å². The molecule has 0 saturated carbocycles. The number of anilines is 1. The van der Waals surface area contributed by atoms with Gasteiger partial charge in [0.15, 0.2) is 0 Å². The summed E-state index contributed by atoms with van der Waals surface area (Å²) in [5, 5.41) is 3.05. The summed E-state index contributed by atoms with van der Waals surface area (Å²) in [6.07, 6.45) is 1.25. The fourth-order valence-corrected chi connectivity index (χ4v) is 0.720. The Bertz CT molecular complexity index is 194. The monoisotopic (exact) mass is 167 g/mol. The van der Waals surface area contributed by atoms with E-state index >= 15 is 0 Å². The van der Waals surface area contributed by atoms with Gasteiger partial charge in [0.2, 0.25) is 0 Å². The molecule has 0 bridgehead atoms. The molecule has 0 heterocycles. The minimum atomic E-state index is 0. The van der Waals surface area contributed by atoms with E-state index in [2.05, 4.69) is 50.4 Å². The molecule has 1 heteroatoms. The van der Waals surface area contributed by atoms with Crippen LogP contribution in [-0.4, -0.2) is 7.05 Å². The predicted octanol–water partition coefficient (Wildman–Crippen LogP) is 3.70. The molecule has 1 nitrogen and oxygen atoms in total. The summed E-state index contributed by atoms with van der Waals surface area (Å²) < 4.78 is 0. The third-order valence-electron chi connectivity index (χ3n) is 1.34. The maximum atomic E-state index is 3.05. The third-order valence-corrected chi connectivity index (χ3v) is 1.34. The third kappa shape index (κ3) is 4.78. The first kappa shape index (κ1) is 11.0. The number of rotatable bonds is 1. The van der Waals surface area contributed by atoms with Crippen molar-refractivity contribution in [3.8, 4) is 0 Å². The summed E-state index contributed by atoms with van der Waals surface area (Å²) in [6.45, 7) is 6.33. The van der Waals surface area contributed by atoms with Crippen molar-refractivity contribution in [3.05, 3.63) is 29.8 Å². The Morgan fingerprint density at radius 3 is 1.92 bits per heavy atom. The number of hydrogen-bond donors (Lipinski definition) is 1. The van der Waals surface area contributed by atoms with Crippen LogP contribution < -0.4 is 5.32 Å². The first-order chi connectivity index (χ1) is 5.74. The highest BCUT2D eigenvalue weighted by molar-refractivity contribution is 5.43. The molecule has 70 valence electrons. The molecule has 0 aliphatic heterocycles. The van der Waals surface area contributed by atoms with E-state index in [1.165, 1.54) is 17.7 Å². The first-order valence-electron chi connectivity index (χ1n) is 4.49. The minimum absolute atomic E-state index is 0. The van der Waals surface area contributed by atoms with E-state index in [4.69, 9.17) is 0 Å². The molecular weight excluding hydrogens is 146 g/mol. The predicted molar refractivity (Wildman–Crippen MR) is 58.8 cm³/mol. The van der Waals surface area contributed by atoms with Gasteiger partial charge in [-0.15, -0.1) is 0 Å². The highest BCUT2D eigenvalue weighted by Gasteiger charge is 1.83. The lowest BCUT2D eigenvalue weighted by Crippen LogP contribution is -1.85. The average Bonchev–Trinajstić information content (AvgIpc) is 2.07. The highest BCUT2D eigenvalue weighted by Crippen LogP contribution is 2.06. The molecule has 0 saturated heterocycles. The Kier molecular flexibility index (Phi) is 6.16. The van der Waals surface area contributed by atoms with Crippen LogP contribution >= 0.6 is 0 Å². The first-order valence-corrected chi connectivity index (χ1v) is 4.49. The molecule has 1 aromatic rings. The van der Waals surface area contributed by atoms with Gasteiger partial charge in [-0.3, -0.25) is 0 Å². The Balaban J connectivity index is 0. The van der Waals surface area contributed by atoms with Crippen LogP contribution in [-0.2, 0) is 0 Å². The number of nitrogens with one attached hydrogen (secondary N) is 1. The fraction of sp³-hybridized carbons (Fsp3) is 0.455.